The summed E-state index contributed by atoms with van der Waals surface area (Å²) in [5.41, 5.74) is -0.202. The Morgan fingerprint density at radius 2 is 1.91 bits per heavy atom. The molecule has 0 heterocycles. The second-order valence-corrected chi connectivity index (χ2v) is 3.10. The molecule has 0 spiro atoms. The summed E-state index contributed by atoms with van der Waals surface area (Å²) in [5.74, 6) is 0. The maximum absolute atomic E-state index is 10.7. The molecule has 0 bridgehead atoms. The summed E-state index contributed by atoms with van der Waals surface area (Å²) in [5, 5.41) is 2.66. The van der Waals surface area contributed by atoms with Crippen LogP contribution >= 0.6 is 0 Å². The van der Waals surface area contributed by atoms with Gasteiger partial charge in [-0.2, -0.15) is 0 Å². The van der Waals surface area contributed by atoms with E-state index in [0.29, 0.717) is 6.61 Å². The van der Waals surface area contributed by atoms with E-state index < -0.39 is 0 Å². The molecule has 0 unspecified atom stereocenters. The third kappa shape index (κ3) is 10.3. The molecule has 0 aromatic heterocycles. The predicted molar refractivity (Wildman–Crippen MR) is 47.1 cm³/mol. The van der Waals surface area contributed by atoms with E-state index in [1.807, 2.05) is 20.8 Å². The fraction of sp³-hybridized carbons (Fsp3) is 0.857. The Morgan fingerprint density at radius 1 is 1.45 bits per heavy atom. The van der Waals surface area contributed by atoms with Crippen LogP contribution in [-0.4, -0.2) is 47.8 Å². The SMILES string of the molecule is CCOC(=O)NC(C)(C)C.[NaH]. The topological polar surface area (TPSA) is 38.3 Å². The van der Waals surface area contributed by atoms with Crippen molar-refractivity contribution in [2.75, 3.05) is 6.61 Å². The van der Waals surface area contributed by atoms with Crippen LogP contribution in [0.3, 0.4) is 0 Å². The number of carbonyl (C=O) groups is 1. The zero-order chi connectivity index (χ0) is 8.20. The molecule has 0 aliphatic heterocycles. The normalized spacial score (nSPS) is 9.82. The summed E-state index contributed by atoms with van der Waals surface area (Å²) in [6.45, 7) is 7.92. The minimum absolute atomic E-state index is 0. The second kappa shape index (κ2) is 5.86. The van der Waals surface area contributed by atoms with Crippen molar-refractivity contribution in [1.82, 2.24) is 5.32 Å². The monoisotopic (exact) mass is 169 g/mol. The van der Waals surface area contributed by atoms with Crippen LogP contribution in [0.5, 0.6) is 0 Å². The second-order valence-electron chi connectivity index (χ2n) is 3.10. The number of hydrogen-bond acceptors (Lipinski definition) is 2. The predicted octanol–water partition coefficient (Wildman–Crippen LogP) is 0.883. The molecule has 0 atom stereocenters. The van der Waals surface area contributed by atoms with Crippen LogP contribution < -0.4 is 5.32 Å². The van der Waals surface area contributed by atoms with Crippen molar-refractivity contribution >= 4 is 35.7 Å². The third-order valence-electron chi connectivity index (χ3n) is 0.752. The van der Waals surface area contributed by atoms with Gasteiger partial charge in [0.2, 0.25) is 0 Å². The van der Waals surface area contributed by atoms with Gasteiger partial charge in [0.1, 0.15) is 0 Å². The number of hydrogen-bond donors (Lipinski definition) is 1. The van der Waals surface area contributed by atoms with Crippen LogP contribution in [0.2, 0.25) is 0 Å². The van der Waals surface area contributed by atoms with Gasteiger partial charge in [0.05, 0.1) is 6.61 Å². The first kappa shape index (κ1) is 13.8. The number of amides is 1. The number of rotatable bonds is 1. The fourth-order valence-electron chi connectivity index (χ4n) is 0.473. The summed E-state index contributed by atoms with van der Waals surface area (Å²) in [6.07, 6.45) is -0.352. The van der Waals surface area contributed by atoms with Gasteiger partial charge in [-0.15, -0.1) is 0 Å². The van der Waals surface area contributed by atoms with Crippen molar-refractivity contribution in [2.24, 2.45) is 0 Å². The average Bonchev–Trinajstić information content (AvgIpc) is 1.59. The van der Waals surface area contributed by atoms with Crippen LogP contribution in [0.15, 0.2) is 0 Å². The van der Waals surface area contributed by atoms with E-state index in [0.717, 1.165) is 0 Å². The van der Waals surface area contributed by atoms with Crippen molar-refractivity contribution in [2.45, 2.75) is 33.2 Å². The van der Waals surface area contributed by atoms with E-state index in [2.05, 4.69) is 10.1 Å². The third-order valence-corrected chi connectivity index (χ3v) is 0.752. The molecule has 0 fully saturated rings. The molecule has 62 valence electrons. The molecule has 0 aromatic rings. The van der Waals surface area contributed by atoms with Gasteiger partial charge >= 0.3 is 35.7 Å². The van der Waals surface area contributed by atoms with Gasteiger partial charge in [-0.25, -0.2) is 4.79 Å². The minimum atomic E-state index is -0.352. The molecule has 0 saturated carbocycles. The van der Waals surface area contributed by atoms with Crippen LogP contribution in [0, 0.1) is 0 Å². The van der Waals surface area contributed by atoms with E-state index in [-0.39, 0.29) is 41.2 Å². The van der Waals surface area contributed by atoms with E-state index in [9.17, 15) is 4.79 Å². The standard InChI is InChI=1S/C7H15NO2.Na.H/c1-5-10-6(9)8-7(2,3)4;;/h5H2,1-4H3,(H,8,9);;. The molecule has 0 saturated heterocycles. The molecule has 11 heavy (non-hydrogen) atoms. The van der Waals surface area contributed by atoms with Gasteiger partial charge < -0.3 is 10.1 Å². The van der Waals surface area contributed by atoms with Gasteiger partial charge in [-0.05, 0) is 27.7 Å². The van der Waals surface area contributed by atoms with Gasteiger partial charge in [0.25, 0.3) is 0 Å². The van der Waals surface area contributed by atoms with Gasteiger partial charge in [0.15, 0.2) is 0 Å². The Kier molecular flexibility index (Phi) is 7.37. The van der Waals surface area contributed by atoms with Crippen LogP contribution in [0.25, 0.3) is 0 Å². The quantitative estimate of drug-likeness (QED) is 0.592. The van der Waals surface area contributed by atoms with Crippen LogP contribution in [0.4, 0.5) is 4.79 Å². The zero-order valence-electron chi connectivity index (χ0n) is 7.02. The Bertz CT molecular complexity index is 120. The summed E-state index contributed by atoms with van der Waals surface area (Å²) in [4.78, 5) is 10.7. The van der Waals surface area contributed by atoms with Crippen molar-refractivity contribution in [1.29, 1.82) is 0 Å². The van der Waals surface area contributed by atoms with E-state index in [1.165, 1.54) is 0 Å². The first-order valence-electron chi connectivity index (χ1n) is 3.40. The maximum atomic E-state index is 10.7. The molecule has 0 rings (SSSR count). The first-order chi connectivity index (χ1) is 4.45. The van der Waals surface area contributed by atoms with Crippen molar-refractivity contribution in [3.8, 4) is 0 Å². The number of ether oxygens (including phenoxy) is 1. The van der Waals surface area contributed by atoms with Crippen LogP contribution in [-0.2, 0) is 4.74 Å². The molecule has 0 aliphatic carbocycles. The van der Waals surface area contributed by atoms with Gasteiger partial charge in [-0.3, -0.25) is 0 Å². The van der Waals surface area contributed by atoms with Crippen molar-refractivity contribution in [3.63, 3.8) is 0 Å². The summed E-state index contributed by atoms with van der Waals surface area (Å²) < 4.78 is 4.67. The van der Waals surface area contributed by atoms with E-state index >= 15 is 0 Å². The summed E-state index contributed by atoms with van der Waals surface area (Å²) in [7, 11) is 0. The van der Waals surface area contributed by atoms with Gasteiger partial charge in [-0.1, -0.05) is 0 Å². The van der Waals surface area contributed by atoms with Crippen molar-refractivity contribution < 1.29 is 9.53 Å². The van der Waals surface area contributed by atoms with E-state index in [1.54, 1.807) is 6.92 Å². The Morgan fingerprint density at radius 3 is 2.18 bits per heavy atom. The van der Waals surface area contributed by atoms with E-state index in [4.69, 9.17) is 0 Å². The van der Waals surface area contributed by atoms with Crippen molar-refractivity contribution in [3.05, 3.63) is 0 Å². The zero-order valence-corrected chi connectivity index (χ0v) is 7.02. The summed E-state index contributed by atoms with van der Waals surface area (Å²) >= 11 is 0. The van der Waals surface area contributed by atoms with Crippen LogP contribution in [0.1, 0.15) is 27.7 Å². The molecule has 0 radical (unpaired) electrons. The Hall–Kier alpha value is 0.270. The number of carbonyl (C=O) groups excluding carboxylic acids is 1. The molecular weight excluding hydrogens is 153 g/mol. The molecule has 0 aromatic carbocycles. The summed E-state index contributed by atoms with van der Waals surface area (Å²) in [6, 6.07) is 0. The molecular formula is C7H16NNaO2. The molecule has 3 nitrogen and oxygen atoms in total. The Labute approximate surface area is 90.2 Å². The first-order valence-corrected chi connectivity index (χ1v) is 3.40. The average molecular weight is 169 g/mol. The van der Waals surface area contributed by atoms with Gasteiger partial charge in [0, 0.05) is 5.54 Å². The Balaban J connectivity index is 0. The fourth-order valence-corrected chi connectivity index (χ4v) is 0.473. The molecule has 0 aliphatic rings. The number of alkyl carbamates (subject to hydrolysis) is 1. The molecule has 1 N–H and O–H groups in total. The number of nitrogens with one attached hydrogen (secondary N) is 1. The molecule has 4 heteroatoms. The molecule has 1 amide bonds.